The third-order valence-corrected chi connectivity index (χ3v) is 4.33. The van der Waals surface area contributed by atoms with E-state index in [4.69, 9.17) is 21.1 Å². The van der Waals surface area contributed by atoms with Gasteiger partial charge >= 0.3 is 12.0 Å². The summed E-state index contributed by atoms with van der Waals surface area (Å²) in [5.41, 5.74) is 1.57. The first-order valence-corrected chi connectivity index (χ1v) is 8.25. The number of hydrogen-bond acceptors (Lipinski definition) is 4. The van der Waals surface area contributed by atoms with Crippen LogP contribution in [0.3, 0.4) is 0 Å². The van der Waals surface area contributed by atoms with Crippen molar-refractivity contribution >= 4 is 23.6 Å². The quantitative estimate of drug-likeness (QED) is 0.818. The smallest absolute Gasteiger partial charge is 0.338 e. The lowest BCUT2D eigenvalue weighted by molar-refractivity contribution is -0.142. The molecule has 2 N–H and O–H groups in total. The van der Waals surface area contributed by atoms with Gasteiger partial charge in [-0.15, -0.1) is 0 Å². The second-order valence-electron chi connectivity index (χ2n) is 5.86. The van der Waals surface area contributed by atoms with Crippen LogP contribution in [0.15, 0.2) is 35.5 Å². The molecular formula is C17H19ClN2O4. The molecule has 0 bridgehead atoms. The molecule has 2 heterocycles. The van der Waals surface area contributed by atoms with Crippen LogP contribution in [0.4, 0.5) is 4.79 Å². The predicted octanol–water partition coefficient (Wildman–Crippen LogP) is 2.69. The Morgan fingerprint density at radius 3 is 3.00 bits per heavy atom. The molecule has 7 heteroatoms. The fourth-order valence-corrected chi connectivity index (χ4v) is 3.12. The summed E-state index contributed by atoms with van der Waals surface area (Å²) in [6.07, 6.45) is 1.82. The van der Waals surface area contributed by atoms with Crippen molar-refractivity contribution in [2.45, 2.75) is 31.9 Å². The van der Waals surface area contributed by atoms with E-state index in [1.807, 2.05) is 6.07 Å². The van der Waals surface area contributed by atoms with E-state index in [0.717, 1.165) is 18.4 Å². The normalized spacial score (nSPS) is 23.7. The average Bonchev–Trinajstić information content (AvgIpc) is 3.05. The van der Waals surface area contributed by atoms with Gasteiger partial charge < -0.3 is 20.1 Å². The molecule has 128 valence electrons. The lowest BCUT2D eigenvalue weighted by Gasteiger charge is -2.28. The Bertz CT molecular complexity index is 683. The molecule has 24 heavy (non-hydrogen) atoms. The number of benzene rings is 1. The number of nitrogens with one attached hydrogen (secondary N) is 2. The van der Waals surface area contributed by atoms with Crippen LogP contribution in [-0.2, 0) is 14.3 Å². The van der Waals surface area contributed by atoms with Crippen LogP contribution >= 0.6 is 11.6 Å². The summed E-state index contributed by atoms with van der Waals surface area (Å²) >= 11 is 6.03. The number of carbonyl (C=O) groups excluding carboxylic acids is 2. The first kappa shape index (κ1) is 16.8. The van der Waals surface area contributed by atoms with E-state index in [1.165, 1.54) is 0 Å². The van der Waals surface area contributed by atoms with Crippen LogP contribution in [-0.4, -0.2) is 31.3 Å². The number of amides is 2. The van der Waals surface area contributed by atoms with E-state index in [9.17, 15) is 9.59 Å². The third kappa shape index (κ3) is 3.71. The lowest BCUT2D eigenvalue weighted by Crippen LogP contribution is -2.45. The molecule has 0 aliphatic carbocycles. The van der Waals surface area contributed by atoms with Gasteiger partial charge in [0.2, 0.25) is 0 Å². The van der Waals surface area contributed by atoms with E-state index in [1.54, 1.807) is 25.1 Å². The highest BCUT2D eigenvalue weighted by Crippen LogP contribution is 2.29. The molecule has 2 aliphatic rings. The number of esters is 1. The van der Waals surface area contributed by atoms with E-state index >= 15 is 0 Å². The summed E-state index contributed by atoms with van der Waals surface area (Å²) in [5.74, 6) is -0.472. The highest BCUT2D eigenvalue weighted by molar-refractivity contribution is 6.30. The molecule has 0 unspecified atom stereocenters. The Morgan fingerprint density at radius 1 is 1.46 bits per heavy atom. The molecule has 0 spiro atoms. The molecule has 0 aromatic heterocycles. The van der Waals surface area contributed by atoms with Crippen molar-refractivity contribution in [1.82, 2.24) is 10.6 Å². The van der Waals surface area contributed by atoms with E-state index in [-0.39, 0.29) is 18.7 Å². The van der Waals surface area contributed by atoms with Crippen molar-refractivity contribution in [3.63, 3.8) is 0 Å². The summed E-state index contributed by atoms with van der Waals surface area (Å²) in [6, 6.07) is 6.07. The number of ether oxygens (including phenoxy) is 2. The average molecular weight is 351 g/mol. The van der Waals surface area contributed by atoms with Crippen LogP contribution in [0.1, 0.15) is 31.4 Å². The summed E-state index contributed by atoms with van der Waals surface area (Å²) in [4.78, 5) is 24.4. The Labute approximate surface area is 145 Å². The number of rotatable bonds is 4. The molecule has 2 aliphatic heterocycles. The Morgan fingerprint density at radius 2 is 2.29 bits per heavy atom. The van der Waals surface area contributed by atoms with E-state index < -0.39 is 12.0 Å². The molecule has 1 saturated heterocycles. The van der Waals surface area contributed by atoms with Gasteiger partial charge in [0.1, 0.15) is 6.61 Å². The number of halogens is 1. The van der Waals surface area contributed by atoms with Gasteiger partial charge in [-0.1, -0.05) is 23.7 Å². The summed E-state index contributed by atoms with van der Waals surface area (Å²) < 4.78 is 10.9. The standard InChI is InChI=1S/C17H19ClN2O4/c1-10-14(16(21)24-9-13-6-3-7-23-13)15(20-17(22)19-10)11-4-2-5-12(18)8-11/h2,4-5,8,13,15H,3,6-7,9H2,1H3,(H2,19,20,22)/t13-,15-/m0/s1. The molecule has 2 amide bonds. The minimum Gasteiger partial charge on any atom is -0.459 e. The molecule has 2 atom stereocenters. The Kier molecular flexibility index (Phi) is 5.06. The number of hydrogen-bond donors (Lipinski definition) is 2. The molecule has 1 fully saturated rings. The molecule has 3 rings (SSSR count). The Hall–Kier alpha value is -2.05. The summed E-state index contributed by atoms with van der Waals surface area (Å²) in [5, 5.41) is 5.90. The topological polar surface area (TPSA) is 76.7 Å². The molecule has 0 saturated carbocycles. The molecule has 1 aromatic carbocycles. The van der Waals surface area contributed by atoms with Gasteiger partial charge in [-0.25, -0.2) is 9.59 Å². The zero-order valence-electron chi connectivity index (χ0n) is 13.3. The van der Waals surface area contributed by atoms with Crippen LogP contribution in [0.25, 0.3) is 0 Å². The van der Waals surface area contributed by atoms with Crippen LogP contribution in [0, 0.1) is 0 Å². The fraction of sp³-hybridized carbons (Fsp3) is 0.412. The van der Waals surface area contributed by atoms with Crippen molar-refractivity contribution in [3.8, 4) is 0 Å². The number of allylic oxidation sites excluding steroid dienone is 1. The maximum Gasteiger partial charge on any atom is 0.338 e. The van der Waals surface area contributed by atoms with Gasteiger partial charge in [0.25, 0.3) is 0 Å². The van der Waals surface area contributed by atoms with Gasteiger partial charge in [0.15, 0.2) is 0 Å². The van der Waals surface area contributed by atoms with Crippen molar-refractivity contribution in [3.05, 3.63) is 46.1 Å². The maximum absolute atomic E-state index is 12.6. The SMILES string of the molecule is CC1=C(C(=O)OC[C@@H]2CCCO2)[C@H](c2cccc(Cl)c2)NC(=O)N1. The van der Waals surface area contributed by atoms with Crippen molar-refractivity contribution in [1.29, 1.82) is 0 Å². The zero-order chi connectivity index (χ0) is 17.1. The van der Waals surface area contributed by atoms with Crippen molar-refractivity contribution < 1.29 is 19.1 Å². The second kappa shape index (κ2) is 7.23. The predicted molar refractivity (Wildman–Crippen MR) is 88.5 cm³/mol. The second-order valence-corrected chi connectivity index (χ2v) is 6.30. The number of carbonyl (C=O) groups is 2. The van der Waals surface area contributed by atoms with Gasteiger partial charge in [0.05, 0.1) is 17.7 Å². The molecule has 0 radical (unpaired) electrons. The van der Waals surface area contributed by atoms with Crippen LogP contribution in [0.5, 0.6) is 0 Å². The van der Waals surface area contributed by atoms with Crippen LogP contribution < -0.4 is 10.6 Å². The summed E-state index contributed by atoms with van der Waals surface area (Å²) in [7, 11) is 0. The summed E-state index contributed by atoms with van der Waals surface area (Å²) in [6.45, 7) is 2.59. The molecular weight excluding hydrogens is 332 g/mol. The minimum atomic E-state index is -0.602. The van der Waals surface area contributed by atoms with Crippen molar-refractivity contribution in [2.24, 2.45) is 0 Å². The largest absolute Gasteiger partial charge is 0.459 e. The van der Waals surface area contributed by atoms with Gasteiger partial charge in [-0.3, -0.25) is 0 Å². The Balaban J connectivity index is 1.81. The van der Waals surface area contributed by atoms with Gasteiger partial charge in [0, 0.05) is 17.3 Å². The third-order valence-electron chi connectivity index (χ3n) is 4.10. The monoisotopic (exact) mass is 350 g/mol. The first-order chi connectivity index (χ1) is 11.5. The maximum atomic E-state index is 12.6. The van der Waals surface area contributed by atoms with E-state index in [0.29, 0.717) is 22.9 Å². The fourth-order valence-electron chi connectivity index (χ4n) is 2.92. The van der Waals surface area contributed by atoms with Crippen molar-refractivity contribution in [2.75, 3.05) is 13.2 Å². The number of urea groups is 1. The highest BCUT2D eigenvalue weighted by Gasteiger charge is 2.32. The van der Waals surface area contributed by atoms with Crippen LogP contribution in [0.2, 0.25) is 5.02 Å². The zero-order valence-corrected chi connectivity index (χ0v) is 14.1. The molecule has 1 aromatic rings. The first-order valence-electron chi connectivity index (χ1n) is 7.87. The lowest BCUT2D eigenvalue weighted by atomic mass is 9.95. The van der Waals surface area contributed by atoms with E-state index in [2.05, 4.69) is 10.6 Å². The minimum absolute atomic E-state index is 0.0504. The van der Waals surface area contributed by atoms with Gasteiger partial charge in [-0.05, 0) is 37.5 Å². The molecule has 6 nitrogen and oxygen atoms in total. The van der Waals surface area contributed by atoms with Gasteiger partial charge in [-0.2, -0.15) is 0 Å². The highest BCUT2D eigenvalue weighted by atomic mass is 35.5.